The van der Waals surface area contributed by atoms with Gasteiger partial charge in [-0.1, -0.05) is 26.0 Å². The van der Waals surface area contributed by atoms with Crippen molar-refractivity contribution in [3.63, 3.8) is 0 Å². The van der Waals surface area contributed by atoms with E-state index >= 15 is 0 Å². The van der Waals surface area contributed by atoms with Crippen LogP contribution >= 0.6 is 0 Å². The van der Waals surface area contributed by atoms with Crippen molar-refractivity contribution in [1.82, 2.24) is 4.90 Å². The summed E-state index contributed by atoms with van der Waals surface area (Å²) in [7, 11) is 1.58. The zero-order chi connectivity index (χ0) is 21.0. The van der Waals surface area contributed by atoms with E-state index in [1.165, 1.54) is 0 Å². The van der Waals surface area contributed by atoms with Gasteiger partial charge < -0.3 is 14.2 Å². The molecule has 0 saturated heterocycles. The summed E-state index contributed by atoms with van der Waals surface area (Å²) >= 11 is 0. The molecule has 0 saturated carbocycles. The molecule has 2 aromatic rings. The number of imide groups is 1. The fraction of sp³-hybridized carbons (Fsp3) is 0.318. The smallest absolute Gasteiger partial charge is 0.329 e. The fourth-order valence-corrected chi connectivity index (χ4v) is 3.20. The van der Waals surface area contributed by atoms with Crippen LogP contribution in [-0.4, -0.2) is 49.0 Å². The van der Waals surface area contributed by atoms with Crippen LogP contribution in [0, 0.1) is 5.92 Å². The first-order valence-corrected chi connectivity index (χ1v) is 9.34. The van der Waals surface area contributed by atoms with Crippen LogP contribution in [0.2, 0.25) is 0 Å². The number of hydrogen-bond donors (Lipinski definition) is 0. The van der Waals surface area contributed by atoms with Gasteiger partial charge in [0.05, 0.1) is 18.2 Å². The molecule has 2 amide bonds. The van der Waals surface area contributed by atoms with Crippen LogP contribution in [0.15, 0.2) is 48.5 Å². The van der Waals surface area contributed by atoms with Crippen molar-refractivity contribution in [2.75, 3.05) is 20.3 Å². The van der Waals surface area contributed by atoms with Gasteiger partial charge in [-0.3, -0.25) is 14.5 Å². The molecule has 1 aliphatic heterocycles. The van der Waals surface area contributed by atoms with Gasteiger partial charge in [0.25, 0.3) is 11.8 Å². The van der Waals surface area contributed by atoms with Gasteiger partial charge in [-0.15, -0.1) is 0 Å². The number of methoxy groups -OCH3 is 1. The lowest BCUT2D eigenvalue weighted by Gasteiger charge is -2.27. The molecule has 1 aliphatic rings. The van der Waals surface area contributed by atoms with Gasteiger partial charge in [0.15, 0.2) is 0 Å². The second-order valence-electron chi connectivity index (χ2n) is 6.91. The summed E-state index contributed by atoms with van der Waals surface area (Å²) in [6.07, 6.45) is 0. The van der Waals surface area contributed by atoms with E-state index < -0.39 is 23.8 Å². The summed E-state index contributed by atoms with van der Waals surface area (Å²) < 4.78 is 15.9. The summed E-state index contributed by atoms with van der Waals surface area (Å²) in [4.78, 5) is 39.0. The van der Waals surface area contributed by atoms with Crippen molar-refractivity contribution in [2.24, 2.45) is 5.92 Å². The summed E-state index contributed by atoms with van der Waals surface area (Å²) in [6, 6.07) is 12.6. The fourth-order valence-electron chi connectivity index (χ4n) is 3.20. The minimum absolute atomic E-state index is 0.00273. The minimum Gasteiger partial charge on any atom is -0.497 e. The van der Waals surface area contributed by atoms with Gasteiger partial charge in [-0.25, -0.2) is 4.79 Å². The highest BCUT2D eigenvalue weighted by Gasteiger charge is 2.44. The average Bonchev–Trinajstić information content (AvgIpc) is 2.97. The molecule has 0 aliphatic carbocycles. The third-order valence-corrected chi connectivity index (χ3v) is 4.63. The van der Waals surface area contributed by atoms with Crippen molar-refractivity contribution < 1.29 is 28.6 Å². The Morgan fingerprint density at radius 2 is 1.45 bits per heavy atom. The number of ether oxygens (including phenoxy) is 3. The number of fused-ring (bicyclic) bond motifs is 1. The molecule has 0 aromatic heterocycles. The summed E-state index contributed by atoms with van der Waals surface area (Å²) in [5.41, 5.74) is 0.609. The lowest BCUT2D eigenvalue weighted by Crippen LogP contribution is -2.48. The lowest BCUT2D eigenvalue weighted by atomic mass is 10.0. The molecule has 0 N–H and O–H groups in total. The average molecular weight is 397 g/mol. The Bertz CT molecular complexity index is 871. The number of carbonyl (C=O) groups is 3. The second-order valence-corrected chi connectivity index (χ2v) is 6.91. The maximum atomic E-state index is 12.7. The number of amides is 2. The Morgan fingerprint density at radius 1 is 0.897 bits per heavy atom. The van der Waals surface area contributed by atoms with Crippen LogP contribution in [0.1, 0.15) is 34.6 Å². The van der Waals surface area contributed by atoms with Crippen LogP contribution in [0.5, 0.6) is 11.5 Å². The molecule has 7 heteroatoms. The van der Waals surface area contributed by atoms with E-state index in [9.17, 15) is 14.4 Å². The van der Waals surface area contributed by atoms with Crippen molar-refractivity contribution in [3.05, 3.63) is 59.7 Å². The first-order chi connectivity index (χ1) is 13.9. The molecule has 2 aromatic carbocycles. The van der Waals surface area contributed by atoms with E-state index in [-0.39, 0.29) is 19.1 Å². The van der Waals surface area contributed by atoms with E-state index in [1.807, 2.05) is 0 Å². The van der Waals surface area contributed by atoms with E-state index in [0.29, 0.717) is 22.6 Å². The summed E-state index contributed by atoms with van der Waals surface area (Å²) in [5, 5.41) is 0. The predicted molar refractivity (Wildman–Crippen MR) is 105 cm³/mol. The van der Waals surface area contributed by atoms with E-state index in [1.54, 1.807) is 69.5 Å². The number of hydrogen-bond acceptors (Lipinski definition) is 6. The van der Waals surface area contributed by atoms with Gasteiger partial charge in [0.1, 0.15) is 30.8 Å². The maximum absolute atomic E-state index is 12.7. The van der Waals surface area contributed by atoms with Crippen LogP contribution < -0.4 is 9.47 Å². The van der Waals surface area contributed by atoms with Crippen LogP contribution in [0.3, 0.4) is 0 Å². The Labute approximate surface area is 169 Å². The number of benzene rings is 2. The van der Waals surface area contributed by atoms with Crippen LogP contribution in [-0.2, 0) is 9.53 Å². The van der Waals surface area contributed by atoms with Gasteiger partial charge in [-0.05, 0) is 42.3 Å². The minimum atomic E-state index is -0.997. The molecule has 1 heterocycles. The SMILES string of the molecule is COc1ccc(OCCOC(=O)[C@H](C(C)C)N2C(=O)c3ccccc3C2=O)cc1. The molecule has 0 radical (unpaired) electrons. The van der Waals surface area contributed by atoms with E-state index in [2.05, 4.69) is 0 Å². The highest BCUT2D eigenvalue weighted by molar-refractivity contribution is 6.22. The van der Waals surface area contributed by atoms with Gasteiger partial charge >= 0.3 is 5.97 Å². The molecule has 29 heavy (non-hydrogen) atoms. The molecule has 152 valence electrons. The number of nitrogens with zero attached hydrogens (tertiary/aromatic N) is 1. The van der Waals surface area contributed by atoms with Crippen molar-refractivity contribution in [3.8, 4) is 11.5 Å². The maximum Gasteiger partial charge on any atom is 0.329 e. The summed E-state index contributed by atoms with van der Waals surface area (Å²) in [6.45, 7) is 3.68. The number of carbonyl (C=O) groups excluding carboxylic acids is 3. The standard InChI is InChI=1S/C22H23NO6/c1-14(2)19(23-20(24)17-6-4-5-7-18(17)21(23)25)22(26)29-13-12-28-16-10-8-15(27-3)9-11-16/h4-11,14,19H,12-13H2,1-3H3/t19-/m0/s1. The van der Waals surface area contributed by atoms with Gasteiger partial charge in [0.2, 0.25) is 0 Å². The van der Waals surface area contributed by atoms with Gasteiger partial charge in [-0.2, -0.15) is 0 Å². The van der Waals surface area contributed by atoms with Crippen LogP contribution in [0.25, 0.3) is 0 Å². The first-order valence-electron chi connectivity index (χ1n) is 9.34. The molecular formula is C22H23NO6. The highest BCUT2D eigenvalue weighted by Crippen LogP contribution is 2.27. The van der Waals surface area contributed by atoms with E-state index in [4.69, 9.17) is 14.2 Å². The van der Waals surface area contributed by atoms with Crippen LogP contribution in [0.4, 0.5) is 0 Å². The Kier molecular flexibility index (Phi) is 6.16. The third-order valence-electron chi connectivity index (χ3n) is 4.63. The zero-order valence-corrected chi connectivity index (χ0v) is 16.6. The Hall–Kier alpha value is -3.35. The van der Waals surface area contributed by atoms with Crippen molar-refractivity contribution in [1.29, 1.82) is 0 Å². The Morgan fingerprint density at radius 3 is 1.97 bits per heavy atom. The monoisotopic (exact) mass is 397 g/mol. The number of rotatable bonds is 8. The predicted octanol–water partition coefficient (Wildman–Crippen LogP) is 2.94. The molecule has 0 spiro atoms. The molecule has 1 atom stereocenters. The first kappa shape index (κ1) is 20.4. The molecule has 0 fully saturated rings. The second kappa shape index (κ2) is 8.77. The molecular weight excluding hydrogens is 374 g/mol. The normalized spacial score (nSPS) is 14.0. The lowest BCUT2D eigenvalue weighted by molar-refractivity contribution is -0.150. The van der Waals surface area contributed by atoms with E-state index in [0.717, 1.165) is 4.90 Å². The zero-order valence-electron chi connectivity index (χ0n) is 16.6. The molecule has 7 nitrogen and oxygen atoms in total. The molecule has 0 unspecified atom stereocenters. The third kappa shape index (κ3) is 4.23. The Balaban J connectivity index is 1.60. The molecule has 0 bridgehead atoms. The molecule has 3 rings (SSSR count). The van der Waals surface area contributed by atoms with Crippen molar-refractivity contribution in [2.45, 2.75) is 19.9 Å². The quantitative estimate of drug-likeness (QED) is 0.387. The largest absolute Gasteiger partial charge is 0.497 e. The number of esters is 1. The topological polar surface area (TPSA) is 82.1 Å². The van der Waals surface area contributed by atoms with Gasteiger partial charge in [0, 0.05) is 0 Å². The van der Waals surface area contributed by atoms with Crippen molar-refractivity contribution >= 4 is 17.8 Å². The highest BCUT2D eigenvalue weighted by atomic mass is 16.6. The summed E-state index contributed by atoms with van der Waals surface area (Å²) in [5.74, 6) is -0.557.